The number of H-pyrrole nitrogens is 1. The maximum Gasteiger partial charge on any atom is 0.138 e. The number of fused-ring (bicyclic) bond motifs is 1. The molecule has 0 amide bonds. The summed E-state index contributed by atoms with van der Waals surface area (Å²) in [7, 11) is 2.16. The van der Waals surface area contributed by atoms with Crippen molar-refractivity contribution in [1.82, 2.24) is 14.9 Å². The first-order valence-corrected chi connectivity index (χ1v) is 12.3. The number of nitrogens with one attached hydrogen (secondary N) is 1. The van der Waals surface area contributed by atoms with Crippen molar-refractivity contribution in [2.24, 2.45) is 10.9 Å². The van der Waals surface area contributed by atoms with Crippen molar-refractivity contribution in [3.05, 3.63) is 82.9 Å². The predicted octanol–water partition coefficient (Wildman–Crippen LogP) is 4.22. The van der Waals surface area contributed by atoms with Crippen molar-refractivity contribution in [3.63, 3.8) is 0 Å². The first-order valence-electron chi connectivity index (χ1n) is 12.3. The minimum absolute atomic E-state index is 0.0635. The molecule has 2 aliphatic rings. The molecule has 6 nitrogen and oxygen atoms in total. The number of rotatable bonds is 5. The van der Waals surface area contributed by atoms with Crippen molar-refractivity contribution < 1.29 is 0 Å². The normalized spacial score (nSPS) is 21.6. The van der Waals surface area contributed by atoms with Gasteiger partial charge < -0.3 is 14.8 Å². The minimum Gasteiger partial charge on any atom is -0.371 e. The number of nitriles is 1. The molecule has 35 heavy (non-hydrogen) atoms. The third-order valence-corrected chi connectivity index (χ3v) is 7.91. The summed E-state index contributed by atoms with van der Waals surface area (Å²) in [6.07, 6.45) is 7.90. The van der Waals surface area contributed by atoms with Crippen LogP contribution in [0.3, 0.4) is 0 Å². The van der Waals surface area contributed by atoms with Crippen molar-refractivity contribution in [2.45, 2.75) is 39.2 Å². The second-order valence-electron chi connectivity index (χ2n) is 9.93. The lowest BCUT2D eigenvalue weighted by atomic mass is 9.89. The lowest BCUT2D eigenvalue weighted by molar-refractivity contribution is 0.374. The predicted molar refractivity (Wildman–Crippen MR) is 140 cm³/mol. The van der Waals surface area contributed by atoms with Gasteiger partial charge in [0.2, 0.25) is 0 Å². The van der Waals surface area contributed by atoms with Crippen molar-refractivity contribution in [3.8, 4) is 17.2 Å². The number of benzene rings is 1. The quantitative estimate of drug-likeness (QED) is 0.614. The number of aromatic amines is 1. The van der Waals surface area contributed by atoms with Crippen LogP contribution in [0, 0.1) is 17.2 Å². The highest BCUT2D eigenvalue weighted by Gasteiger charge is 2.44. The van der Waals surface area contributed by atoms with Gasteiger partial charge in [-0.15, -0.1) is 0 Å². The van der Waals surface area contributed by atoms with Crippen LogP contribution in [-0.4, -0.2) is 40.5 Å². The zero-order chi connectivity index (χ0) is 24.6. The van der Waals surface area contributed by atoms with E-state index in [0.717, 1.165) is 48.4 Å². The van der Waals surface area contributed by atoms with Crippen LogP contribution >= 0.6 is 0 Å². The topological polar surface area (TPSA) is 71.3 Å². The van der Waals surface area contributed by atoms with Crippen molar-refractivity contribution in [1.29, 1.82) is 5.26 Å². The van der Waals surface area contributed by atoms with E-state index in [-0.39, 0.29) is 5.54 Å². The minimum atomic E-state index is -0.0635. The summed E-state index contributed by atoms with van der Waals surface area (Å²) < 4.78 is 0. The molecule has 3 aromatic rings. The number of likely N-dealkylation sites (tertiary alicyclic amines) is 1. The fourth-order valence-corrected chi connectivity index (χ4v) is 5.24. The van der Waals surface area contributed by atoms with Gasteiger partial charge in [0.1, 0.15) is 11.3 Å². The van der Waals surface area contributed by atoms with E-state index in [1.807, 2.05) is 42.9 Å². The van der Waals surface area contributed by atoms with Crippen LogP contribution in [-0.2, 0) is 0 Å². The van der Waals surface area contributed by atoms with Gasteiger partial charge in [0.25, 0.3) is 0 Å². The maximum absolute atomic E-state index is 9.04. The van der Waals surface area contributed by atoms with Gasteiger partial charge in [-0.2, -0.15) is 5.26 Å². The van der Waals surface area contributed by atoms with Crippen LogP contribution in [0.15, 0.2) is 71.6 Å². The highest BCUT2D eigenvalue weighted by molar-refractivity contribution is 5.65. The number of pyridine rings is 1. The highest BCUT2D eigenvalue weighted by atomic mass is 15.3. The molecule has 2 atom stereocenters. The molecular formula is C29H32N6. The largest absolute Gasteiger partial charge is 0.371 e. The molecule has 0 aliphatic carbocycles. The van der Waals surface area contributed by atoms with Gasteiger partial charge in [-0.05, 0) is 60.7 Å². The Morgan fingerprint density at radius 2 is 1.94 bits per heavy atom. The molecule has 0 bridgehead atoms. The number of anilines is 1. The molecule has 1 fully saturated rings. The van der Waals surface area contributed by atoms with E-state index in [2.05, 4.69) is 66.9 Å². The van der Waals surface area contributed by atoms with Crippen LogP contribution in [0.25, 0.3) is 16.8 Å². The number of hydrogen-bond donors (Lipinski definition) is 1. The molecule has 1 N–H and O–H groups in total. The number of aromatic nitrogens is 2. The van der Waals surface area contributed by atoms with Crippen LogP contribution < -0.4 is 15.6 Å². The summed E-state index contributed by atoms with van der Waals surface area (Å²) in [5.74, 6) is 1.42. The molecule has 0 saturated carbocycles. The smallest absolute Gasteiger partial charge is 0.138 e. The summed E-state index contributed by atoms with van der Waals surface area (Å²) >= 11 is 0. The van der Waals surface area contributed by atoms with Crippen molar-refractivity contribution in [2.75, 3.05) is 25.0 Å². The first kappa shape index (κ1) is 22.9. The summed E-state index contributed by atoms with van der Waals surface area (Å²) in [5.41, 5.74) is 6.40. The van der Waals surface area contributed by atoms with E-state index in [1.165, 1.54) is 16.5 Å². The Hall–Kier alpha value is -3.85. The highest BCUT2D eigenvalue weighted by Crippen LogP contribution is 2.38. The Kier molecular flexibility index (Phi) is 5.94. The van der Waals surface area contributed by atoms with Gasteiger partial charge in [0.05, 0.1) is 17.2 Å². The monoisotopic (exact) mass is 464 g/mol. The average molecular weight is 465 g/mol. The lowest BCUT2D eigenvalue weighted by Gasteiger charge is -2.39. The zero-order valence-electron chi connectivity index (χ0n) is 20.9. The van der Waals surface area contributed by atoms with E-state index in [4.69, 9.17) is 15.2 Å². The fraction of sp³-hybridized carbons (Fsp3) is 0.345. The molecule has 2 unspecified atom stereocenters. The van der Waals surface area contributed by atoms with E-state index in [1.54, 1.807) is 0 Å². The Morgan fingerprint density at radius 3 is 2.63 bits per heavy atom. The van der Waals surface area contributed by atoms with E-state index in [9.17, 15) is 0 Å². The van der Waals surface area contributed by atoms with E-state index >= 15 is 0 Å². The van der Waals surface area contributed by atoms with Gasteiger partial charge in [-0.1, -0.05) is 26.0 Å². The maximum atomic E-state index is 9.04. The molecule has 1 aromatic carbocycles. The Bertz CT molecular complexity index is 1410. The standard InChI is InChI=1S/C29H32N6/c1-5-21-14-26(25-12-13-31-28(25)33-16-21)35-18-20(2)29(3,19-35)34(4)27-11-10-24(17-32-27)23-8-6-22(15-30)7-9-23/h6-13,16-17,20H,5,14,18-19H2,1-4H3,(H,31,33). The van der Waals surface area contributed by atoms with Crippen molar-refractivity contribution >= 4 is 11.5 Å². The molecule has 1 saturated heterocycles. The molecule has 2 aliphatic heterocycles. The van der Waals surface area contributed by atoms with Crippen LogP contribution in [0.1, 0.15) is 39.2 Å². The third-order valence-electron chi connectivity index (χ3n) is 7.91. The average Bonchev–Trinajstić information content (AvgIpc) is 3.43. The summed E-state index contributed by atoms with van der Waals surface area (Å²) in [6, 6.07) is 16.2. The van der Waals surface area contributed by atoms with Gasteiger partial charge in [0.15, 0.2) is 0 Å². The van der Waals surface area contributed by atoms with Gasteiger partial charge in [-0.25, -0.2) is 9.98 Å². The lowest BCUT2D eigenvalue weighted by Crippen LogP contribution is -2.50. The molecule has 5 rings (SSSR count). The Balaban J connectivity index is 1.40. The second kappa shape index (κ2) is 9.07. The number of likely N-dealkylation sites (N-methyl/N-ethyl adjacent to an activating group) is 1. The number of hydrogen-bond acceptors (Lipinski definition) is 5. The molecular weight excluding hydrogens is 432 g/mol. The molecule has 6 heteroatoms. The third kappa shape index (κ3) is 4.12. The molecule has 2 aromatic heterocycles. The molecule has 0 radical (unpaired) electrons. The van der Waals surface area contributed by atoms with Gasteiger partial charge in [-0.3, -0.25) is 0 Å². The molecule has 0 spiro atoms. The number of nitrogens with zero attached hydrogens (tertiary/aromatic N) is 5. The zero-order valence-corrected chi connectivity index (χ0v) is 20.9. The van der Waals surface area contributed by atoms with Crippen LogP contribution in [0.5, 0.6) is 0 Å². The van der Waals surface area contributed by atoms with Crippen LogP contribution in [0.4, 0.5) is 5.82 Å². The second-order valence-corrected chi connectivity index (χ2v) is 9.93. The summed E-state index contributed by atoms with van der Waals surface area (Å²) in [4.78, 5) is 17.7. The van der Waals surface area contributed by atoms with E-state index < -0.39 is 0 Å². The fourth-order valence-electron chi connectivity index (χ4n) is 5.24. The molecule has 4 heterocycles. The van der Waals surface area contributed by atoms with Gasteiger partial charge >= 0.3 is 0 Å². The van der Waals surface area contributed by atoms with Gasteiger partial charge in [0, 0.05) is 61.6 Å². The summed E-state index contributed by atoms with van der Waals surface area (Å²) in [6.45, 7) is 8.83. The Labute approximate surface area is 207 Å². The van der Waals surface area contributed by atoms with Crippen LogP contribution in [0.2, 0.25) is 0 Å². The molecule has 178 valence electrons. The SMILES string of the molecule is CCC1=CN=c2[nH]ccc2=C(N2CC(C)C(C)(N(C)c3ccc(-c4ccc(C#N)cc4)cn3)C2)C1. The first-order chi connectivity index (χ1) is 16.9. The Morgan fingerprint density at radius 1 is 1.17 bits per heavy atom. The summed E-state index contributed by atoms with van der Waals surface area (Å²) in [5, 5.41) is 10.3. The van der Waals surface area contributed by atoms with E-state index in [0.29, 0.717) is 11.5 Å².